The highest BCUT2D eigenvalue weighted by atomic mass is 19.4. The fourth-order valence-corrected chi connectivity index (χ4v) is 3.01. The van der Waals surface area contributed by atoms with Crippen LogP contribution >= 0.6 is 0 Å². The molecule has 1 aromatic heterocycles. The Bertz CT molecular complexity index is 614. The predicted octanol–water partition coefficient (Wildman–Crippen LogP) is 2.99. The Morgan fingerprint density at radius 3 is 2.42 bits per heavy atom. The van der Waals surface area contributed by atoms with Crippen LogP contribution in [0.3, 0.4) is 0 Å². The highest BCUT2D eigenvalue weighted by Crippen LogP contribution is 2.20. The molecule has 1 aliphatic heterocycles. The summed E-state index contributed by atoms with van der Waals surface area (Å²) >= 11 is 0. The minimum Gasteiger partial charge on any atom is -0.310 e. The van der Waals surface area contributed by atoms with Crippen LogP contribution in [0.15, 0.2) is 43.0 Å². The number of benzene rings is 1. The number of piperidine rings is 1. The normalized spacial score (nSPS) is 17.3. The maximum Gasteiger partial charge on any atom is 0.401 e. The van der Waals surface area contributed by atoms with E-state index in [1.54, 1.807) is 12.5 Å². The molecule has 0 unspecified atom stereocenters. The largest absolute Gasteiger partial charge is 0.401 e. The van der Waals surface area contributed by atoms with Gasteiger partial charge in [-0.1, -0.05) is 12.1 Å². The Morgan fingerprint density at radius 2 is 1.83 bits per heavy atom. The van der Waals surface area contributed by atoms with E-state index in [4.69, 9.17) is 0 Å². The van der Waals surface area contributed by atoms with Crippen LogP contribution in [0.25, 0.3) is 5.69 Å². The summed E-state index contributed by atoms with van der Waals surface area (Å²) in [5.41, 5.74) is 2.22. The van der Waals surface area contributed by atoms with Crippen LogP contribution in [-0.2, 0) is 6.54 Å². The van der Waals surface area contributed by atoms with Crippen molar-refractivity contribution in [3.05, 3.63) is 48.5 Å². The van der Waals surface area contributed by atoms with Crippen LogP contribution in [0.1, 0.15) is 18.4 Å². The summed E-state index contributed by atoms with van der Waals surface area (Å²) in [6, 6.07) is 8.46. The molecular weight excluding hydrogens is 317 g/mol. The average molecular weight is 338 g/mol. The van der Waals surface area contributed by atoms with Crippen molar-refractivity contribution in [3.63, 3.8) is 0 Å². The number of nitrogens with one attached hydrogen (secondary N) is 1. The molecule has 0 radical (unpaired) electrons. The zero-order chi connectivity index (χ0) is 17.0. The molecule has 7 heteroatoms. The van der Waals surface area contributed by atoms with Gasteiger partial charge in [0, 0.05) is 30.7 Å². The number of aromatic nitrogens is 2. The first-order valence-corrected chi connectivity index (χ1v) is 8.09. The highest BCUT2D eigenvalue weighted by Gasteiger charge is 2.32. The molecule has 1 aromatic carbocycles. The summed E-state index contributed by atoms with van der Waals surface area (Å²) < 4.78 is 39.1. The highest BCUT2D eigenvalue weighted by molar-refractivity contribution is 5.34. The van der Waals surface area contributed by atoms with Crippen LogP contribution in [0.2, 0.25) is 0 Å². The summed E-state index contributed by atoms with van der Waals surface area (Å²) in [5, 5.41) is 3.45. The van der Waals surface area contributed by atoms with E-state index in [0.717, 1.165) is 30.6 Å². The molecule has 1 N–H and O–H groups in total. The van der Waals surface area contributed by atoms with Crippen molar-refractivity contribution in [1.82, 2.24) is 19.8 Å². The van der Waals surface area contributed by atoms with Crippen LogP contribution in [0, 0.1) is 0 Å². The van der Waals surface area contributed by atoms with Gasteiger partial charge in [0.1, 0.15) is 0 Å². The monoisotopic (exact) mass is 338 g/mol. The van der Waals surface area contributed by atoms with Crippen LogP contribution in [-0.4, -0.2) is 46.3 Å². The molecule has 130 valence electrons. The molecule has 0 amide bonds. The van der Waals surface area contributed by atoms with Crippen LogP contribution < -0.4 is 5.32 Å². The van der Waals surface area contributed by atoms with E-state index in [1.165, 1.54) is 4.90 Å². The Morgan fingerprint density at radius 1 is 1.12 bits per heavy atom. The third-order valence-corrected chi connectivity index (χ3v) is 4.32. The van der Waals surface area contributed by atoms with E-state index in [1.807, 2.05) is 22.9 Å². The lowest BCUT2D eigenvalue weighted by Gasteiger charge is -2.32. The molecule has 0 spiro atoms. The van der Waals surface area contributed by atoms with Gasteiger partial charge < -0.3 is 9.88 Å². The molecule has 24 heavy (non-hydrogen) atoms. The number of likely N-dealkylation sites (tertiary alicyclic amines) is 1. The second-order valence-electron chi connectivity index (χ2n) is 6.18. The second kappa shape index (κ2) is 7.36. The molecule has 1 fully saturated rings. The number of hydrogen-bond acceptors (Lipinski definition) is 3. The molecule has 0 bridgehead atoms. The number of hydrogen-bond donors (Lipinski definition) is 1. The molecule has 2 aromatic rings. The molecule has 0 saturated carbocycles. The lowest BCUT2D eigenvalue weighted by molar-refractivity contribution is -0.148. The first-order chi connectivity index (χ1) is 11.5. The fourth-order valence-electron chi connectivity index (χ4n) is 3.01. The van der Waals surface area contributed by atoms with Crippen molar-refractivity contribution < 1.29 is 13.2 Å². The summed E-state index contributed by atoms with van der Waals surface area (Å²) in [5.74, 6) is 0. The molecule has 4 nitrogen and oxygen atoms in total. The summed E-state index contributed by atoms with van der Waals surface area (Å²) in [6.45, 7) is 0.928. The fraction of sp³-hybridized carbons (Fsp3) is 0.471. The maximum atomic E-state index is 12.4. The first kappa shape index (κ1) is 17.0. The number of halogens is 3. The minimum atomic E-state index is -4.10. The standard InChI is InChI=1S/C17H21F3N4/c18-17(19,20)12-23-8-5-15(6-9-23)22-11-14-1-3-16(4-2-14)24-10-7-21-13-24/h1-4,7,10,13,15,22H,5-6,8-9,11-12H2. The molecule has 0 atom stereocenters. The Labute approximate surface area is 139 Å². The van der Waals surface area contributed by atoms with Gasteiger partial charge in [-0.05, 0) is 43.6 Å². The van der Waals surface area contributed by atoms with E-state index >= 15 is 0 Å². The SMILES string of the molecule is FC(F)(F)CN1CCC(NCc2ccc(-n3ccnc3)cc2)CC1. The Hall–Kier alpha value is -1.86. The van der Waals surface area contributed by atoms with Gasteiger partial charge in [-0.15, -0.1) is 0 Å². The van der Waals surface area contributed by atoms with Crippen LogP contribution in [0.4, 0.5) is 13.2 Å². The van der Waals surface area contributed by atoms with Gasteiger partial charge in [0.2, 0.25) is 0 Å². The van der Waals surface area contributed by atoms with Crippen molar-refractivity contribution in [3.8, 4) is 5.69 Å². The van der Waals surface area contributed by atoms with Crippen molar-refractivity contribution in [2.75, 3.05) is 19.6 Å². The summed E-state index contributed by atoms with van der Waals surface area (Å²) in [4.78, 5) is 5.51. The predicted molar refractivity (Wildman–Crippen MR) is 85.9 cm³/mol. The molecule has 2 heterocycles. The number of alkyl halides is 3. The Balaban J connectivity index is 1.44. The maximum absolute atomic E-state index is 12.4. The van der Waals surface area contributed by atoms with Gasteiger partial charge in [0.05, 0.1) is 12.9 Å². The number of nitrogens with zero attached hydrogens (tertiary/aromatic N) is 3. The van der Waals surface area contributed by atoms with E-state index < -0.39 is 12.7 Å². The van der Waals surface area contributed by atoms with Crippen molar-refractivity contribution in [2.45, 2.75) is 31.6 Å². The lowest BCUT2D eigenvalue weighted by atomic mass is 10.0. The number of rotatable bonds is 5. The topological polar surface area (TPSA) is 33.1 Å². The second-order valence-corrected chi connectivity index (χ2v) is 6.18. The van der Waals surface area contributed by atoms with Crippen LogP contribution in [0.5, 0.6) is 0 Å². The van der Waals surface area contributed by atoms with Gasteiger partial charge in [-0.25, -0.2) is 4.98 Å². The third kappa shape index (κ3) is 4.82. The molecule has 1 aliphatic rings. The van der Waals surface area contributed by atoms with Gasteiger partial charge in [-0.2, -0.15) is 13.2 Å². The van der Waals surface area contributed by atoms with Crippen molar-refractivity contribution in [2.24, 2.45) is 0 Å². The lowest BCUT2D eigenvalue weighted by Crippen LogP contribution is -2.45. The van der Waals surface area contributed by atoms with Gasteiger partial charge in [0.15, 0.2) is 0 Å². The minimum absolute atomic E-state index is 0.280. The van der Waals surface area contributed by atoms with E-state index in [2.05, 4.69) is 22.4 Å². The molecule has 3 rings (SSSR count). The van der Waals surface area contributed by atoms with Gasteiger partial charge in [0.25, 0.3) is 0 Å². The van der Waals surface area contributed by atoms with Crippen molar-refractivity contribution in [1.29, 1.82) is 0 Å². The third-order valence-electron chi connectivity index (χ3n) is 4.32. The molecular formula is C17H21F3N4. The smallest absolute Gasteiger partial charge is 0.310 e. The van der Waals surface area contributed by atoms with Crippen molar-refractivity contribution >= 4 is 0 Å². The van der Waals surface area contributed by atoms with Gasteiger partial charge in [-0.3, -0.25) is 4.90 Å². The first-order valence-electron chi connectivity index (χ1n) is 8.09. The van der Waals surface area contributed by atoms with E-state index in [-0.39, 0.29) is 6.04 Å². The summed E-state index contributed by atoms with van der Waals surface area (Å²) in [7, 11) is 0. The van der Waals surface area contributed by atoms with E-state index in [0.29, 0.717) is 13.1 Å². The van der Waals surface area contributed by atoms with Gasteiger partial charge >= 0.3 is 6.18 Å². The zero-order valence-corrected chi connectivity index (χ0v) is 13.3. The Kier molecular flexibility index (Phi) is 5.20. The zero-order valence-electron chi connectivity index (χ0n) is 13.3. The van der Waals surface area contributed by atoms with E-state index in [9.17, 15) is 13.2 Å². The average Bonchev–Trinajstić information content (AvgIpc) is 3.08. The summed E-state index contributed by atoms with van der Waals surface area (Å²) in [6.07, 6.45) is 2.79. The molecule has 1 saturated heterocycles. The number of imidazole rings is 1. The molecule has 0 aliphatic carbocycles. The quantitative estimate of drug-likeness (QED) is 0.910.